The number of guanidine groups is 1. The summed E-state index contributed by atoms with van der Waals surface area (Å²) in [5, 5.41) is 10.3. The normalized spacial score (nSPS) is 14.2. The standard InChI is InChI=1S/C16H21N5O3/c1-3-17-16(18-10-15-19-11(2)24-21-15)20-12-5-6-13-14(9-12)23-8-4-7-22-13/h5-6,9H,3-4,7-8,10H2,1-2H3,(H2,17,18,20). The van der Waals surface area contributed by atoms with Gasteiger partial charge in [0, 0.05) is 31.6 Å². The van der Waals surface area contributed by atoms with Crippen LogP contribution in [0.1, 0.15) is 25.1 Å². The zero-order chi connectivity index (χ0) is 16.8. The maximum atomic E-state index is 5.71. The number of rotatable bonds is 4. The van der Waals surface area contributed by atoms with E-state index in [1.807, 2.05) is 25.1 Å². The highest BCUT2D eigenvalue weighted by Gasteiger charge is 2.11. The molecule has 128 valence electrons. The molecule has 0 saturated carbocycles. The monoisotopic (exact) mass is 331 g/mol. The predicted octanol–water partition coefficient (Wildman–Crippen LogP) is 2.12. The van der Waals surface area contributed by atoms with Gasteiger partial charge in [-0.1, -0.05) is 5.16 Å². The molecule has 1 aromatic heterocycles. The Morgan fingerprint density at radius 1 is 1.25 bits per heavy atom. The van der Waals surface area contributed by atoms with Crippen LogP contribution in [0.25, 0.3) is 0 Å². The Hall–Kier alpha value is -2.77. The summed E-state index contributed by atoms with van der Waals surface area (Å²) in [6.07, 6.45) is 0.881. The van der Waals surface area contributed by atoms with Gasteiger partial charge < -0.3 is 24.6 Å². The van der Waals surface area contributed by atoms with E-state index < -0.39 is 0 Å². The third-order valence-electron chi connectivity index (χ3n) is 3.30. The van der Waals surface area contributed by atoms with Crippen molar-refractivity contribution in [3.05, 3.63) is 29.9 Å². The van der Waals surface area contributed by atoms with Gasteiger partial charge in [-0.3, -0.25) is 0 Å². The highest BCUT2D eigenvalue weighted by Crippen LogP contribution is 2.32. The maximum absolute atomic E-state index is 5.71. The number of fused-ring (bicyclic) bond motifs is 1. The number of nitrogens with one attached hydrogen (secondary N) is 2. The van der Waals surface area contributed by atoms with Gasteiger partial charge in [-0.15, -0.1) is 0 Å². The summed E-state index contributed by atoms with van der Waals surface area (Å²) in [4.78, 5) is 8.60. The van der Waals surface area contributed by atoms with Gasteiger partial charge >= 0.3 is 0 Å². The molecule has 0 fully saturated rings. The molecule has 1 aliphatic heterocycles. The van der Waals surface area contributed by atoms with Crippen molar-refractivity contribution in [2.75, 3.05) is 25.1 Å². The number of nitrogens with zero attached hydrogens (tertiary/aromatic N) is 3. The van der Waals surface area contributed by atoms with Crippen molar-refractivity contribution >= 4 is 11.6 Å². The van der Waals surface area contributed by atoms with E-state index in [9.17, 15) is 0 Å². The minimum atomic E-state index is 0.331. The number of ether oxygens (including phenoxy) is 2. The minimum absolute atomic E-state index is 0.331. The molecule has 0 atom stereocenters. The molecule has 2 N–H and O–H groups in total. The molecule has 2 heterocycles. The summed E-state index contributed by atoms with van der Waals surface area (Å²) in [6.45, 7) is 6.15. The van der Waals surface area contributed by atoms with Gasteiger partial charge in [0.15, 0.2) is 23.3 Å². The van der Waals surface area contributed by atoms with Gasteiger partial charge in [-0.05, 0) is 19.1 Å². The van der Waals surface area contributed by atoms with Crippen molar-refractivity contribution < 1.29 is 14.0 Å². The first-order chi connectivity index (χ1) is 11.7. The van der Waals surface area contributed by atoms with Crippen LogP contribution in [0.5, 0.6) is 11.5 Å². The molecule has 2 aromatic rings. The molecule has 3 rings (SSSR count). The number of hydrogen-bond acceptors (Lipinski definition) is 6. The third-order valence-corrected chi connectivity index (χ3v) is 3.30. The lowest BCUT2D eigenvalue weighted by molar-refractivity contribution is 0.297. The first-order valence-corrected chi connectivity index (χ1v) is 7.99. The molecule has 0 radical (unpaired) electrons. The van der Waals surface area contributed by atoms with Crippen molar-refractivity contribution in [2.24, 2.45) is 4.99 Å². The lowest BCUT2D eigenvalue weighted by atomic mass is 10.3. The largest absolute Gasteiger partial charge is 0.490 e. The molecular formula is C16H21N5O3. The Morgan fingerprint density at radius 3 is 2.83 bits per heavy atom. The summed E-state index contributed by atoms with van der Waals surface area (Å²) < 4.78 is 16.3. The Bertz CT molecular complexity index is 713. The summed E-state index contributed by atoms with van der Waals surface area (Å²) in [5.41, 5.74) is 0.864. The first-order valence-electron chi connectivity index (χ1n) is 7.99. The molecule has 24 heavy (non-hydrogen) atoms. The van der Waals surface area contributed by atoms with E-state index in [2.05, 4.69) is 25.8 Å². The topological polar surface area (TPSA) is 93.8 Å². The van der Waals surface area contributed by atoms with Crippen molar-refractivity contribution in [2.45, 2.75) is 26.8 Å². The first kappa shape index (κ1) is 16.1. The molecule has 0 unspecified atom stereocenters. The second-order valence-corrected chi connectivity index (χ2v) is 5.26. The average molecular weight is 331 g/mol. The van der Waals surface area contributed by atoms with Crippen molar-refractivity contribution in [1.82, 2.24) is 15.5 Å². The third kappa shape index (κ3) is 4.15. The Labute approximate surface area is 140 Å². The van der Waals surface area contributed by atoms with E-state index in [4.69, 9.17) is 14.0 Å². The number of hydrogen-bond donors (Lipinski definition) is 2. The molecule has 8 heteroatoms. The molecule has 0 amide bonds. The van der Waals surface area contributed by atoms with Crippen molar-refractivity contribution in [3.63, 3.8) is 0 Å². The second-order valence-electron chi connectivity index (χ2n) is 5.26. The van der Waals surface area contributed by atoms with E-state index in [1.54, 1.807) is 6.92 Å². The Kier molecular flexibility index (Phi) is 5.15. The smallest absolute Gasteiger partial charge is 0.223 e. The fourth-order valence-corrected chi connectivity index (χ4v) is 2.24. The van der Waals surface area contributed by atoms with Gasteiger partial charge in [0.2, 0.25) is 5.89 Å². The van der Waals surface area contributed by atoms with Crippen LogP contribution in [0.3, 0.4) is 0 Å². The van der Waals surface area contributed by atoms with E-state index in [-0.39, 0.29) is 0 Å². The van der Waals surface area contributed by atoms with Gasteiger partial charge in [0.25, 0.3) is 0 Å². The van der Waals surface area contributed by atoms with Crippen molar-refractivity contribution in [3.8, 4) is 11.5 Å². The SMILES string of the molecule is CCNC(=NCc1noc(C)n1)Nc1ccc2c(c1)OCCCO2. The van der Waals surface area contributed by atoms with Crippen LogP contribution in [-0.2, 0) is 6.54 Å². The number of aliphatic imine (C=N–C) groups is 1. The van der Waals surface area contributed by atoms with Gasteiger partial charge in [0.05, 0.1) is 13.2 Å². The zero-order valence-electron chi connectivity index (χ0n) is 13.8. The Balaban J connectivity index is 1.71. The molecule has 1 aromatic carbocycles. The van der Waals surface area contributed by atoms with Gasteiger partial charge in [0.1, 0.15) is 6.54 Å². The highest BCUT2D eigenvalue weighted by atomic mass is 16.5. The van der Waals surface area contributed by atoms with Crippen LogP contribution in [0.15, 0.2) is 27.7 Å². The number of anilines is 1. The molecule has 0 spiro atoms. The highest BCUT2D eigenvalue weighted by molar-refractivity contribution is 5.93. The van der Waals surface area contributed by atoms with Crippen LogP contribution in [0.4, 0.5) is 5.69 Å². The number of aryl methyl sites for hydroxylation is 1. The zero-order valence-corrected chi connectivity index (χ0v) is 13.8. The fourth-order valence-electron chi connectivity index (χ4n) is 2.24. The lowest BCUT2D eigenvalue weighted by Gasteiger charge is -2.13. The number of aromatic nitrogens is 2. The van der Waals surface area contributed by atoms with Gasteiger partial charge in [-0.25, -0.2) is 4.99 Å². The molecule has 0 bridgehead atoms. The summed E-state index contributed by atoms with van der Waals surface area (Å²) in [6, 6.07) is 5.74. The molecule has 0 saturated heterocycles. The van der Waals surface area contributed by atoms with Crippen LogP contribution >= 0.6 is 0 Å². The van der Waals surface area contributed by atoms with E-state index in [0.717, 1.165) is 30.2 Å². The number of benzene rings is 1. The predicted molar refractivity (Wildman–Crippen MR) is 89.5 cm³/mol. The quantitative estimate of drug-likeness (QED) is 0.654. The van der Waals surface area contributed by atoms with Crippen LogP contribution in [0.2, 0.25) is 0 Å². The van der Waals surface area contributed by atoms with E-state index in [1.165, 1.54) is 0 Å². The lowest BCUT2D eigenvalue weighted by Crippen LogP contribution is -2.30. The van der Waals surface area contributed by atoms with E-state index >= 15 is 0 Å². The molecule has 1 aliphatic rings. The van der Waals surface area contributed by atoms with E-state index in [0.29, 0.717) is 37.4 Å². The summed E-state index contributed by atoms with van der Waals surface area (Å²) in [7, 11) is 0. The fraction of sp³-hybridized carbons (Fsp3) is 0.438. The second kappa shape index (κ2) is 7.67. The van der Waals surface area contributed by atoms with Crippen LogP contribution in [-0.4, -0.2) is 35.9 Å². The molecular weight excluding hydrogens is 310 g/mol. The molecule has 0 aliphatic carbocycles. The summed E-state index contributed by atoms with van der Waals surface area (Å²) >= 11 is 0. The Morgan fingerprint density at radius 2 is 2.08 bits per heavy atom. The average Bonchev–Trinajstić information content (AvgIpc) is 2.85. The van der Waals surface area contributed by atoms with Crippen molar-refractivity contribution in [1.29, 1.82) is 0 Å². The van der Waals surface area contributed by atoms with Crippen LogP contribution in [0, 0.1) is 6.92 Å². The van der Waals surface area contributed by atoms with Crippen LogP contribution < -0.4 is 20.1 Å². The maximum Gasteiger partial charge on any atom is 0.223 e. The summed E-state index contributed by atoms with van der Waals surface area (Å²) in [5.74, 6) is 3.21. The minimum Gasteiger partial charge on any atom is -0.490 e. The molecule has 8 nitrogen and oxygen atoms in total. The van der Waals surface area contributed by atoms with Gasteiger partial charge in [-0.2, -0.15) is 4.98 Å².